The van der Waals surface area contributed by atoms with E-state index in [2.05, 4.69) is 4.72 Å². The number of benzene rings is 3. The Balaban J connectivity index is 1.59. The maximum Gasteiger partial charge on any atom is 0.430 e. The number of aliphatic hydroxyl groups is 1. The summed E-state index contributed by atoms with van der Waals surface area (Å²) in [5, 5.41) is 9.48. The van der Waals surface area contributed by atoms with E-state index >= 15 is 0 Å². The molecular formula is C25H19F7N2O5S. The summed E-state index contributed by atoms with van der Waals surface area (Å²) in [7, 11) is -4.19. The lowest BCUT2D eigenvalue weighted by molar-refractivity contribution is -0.376. The van der Waals surface area contributed by atoms with E-state index in [1.54, 1.807) is 0 Å². The number of hydrogen-bond acceptors (Lipinski definition) is 5. The fourth-order valence-electron chi connectivity index (χ4n) is 4.09. The molecule has 0 unspecified atom stereocenters. The van der Waals surface area contributed by atoms with Gasteiger partial charge in [0.2, 0.25) is 5.91 Å². The molecule has 3 aromatic carbocycles. The van der Waals surface area contributed by atoms with Crippen molar-refractivity contribution in [3.8, 4) is 16.9 Å². The first-order valence-corrected chi connectivity index (χ1v) is 12.8. The van der Waals surface area contributed by atoms with E-state index in [1.165, 1.54) is 54.3 Å². The Hall–Kier alpha value is -3.85. The first kappa shape index (κ1) is 29.1. The van der Waals surface area contributed by atoms with Crippen LogP contribution in [0.15, 0.2) is 65.6 Å². The molecule has 0 bridgehead atoms. The van der Waals surface area contributed by atoms with E-state index in [9.17, 15) is 49.1 Å². The van der Waals surface area contributed by atoms with Gasteiger partial charge in [-0.2, -0.15) is 26.3 Å². The summed E-state index contributed by atoms with van der Waals surface area (Å²) in [6.45, 7) is 1.78. The van der Waals surface area contributed by atoms with Gasteiger partial charge in [0.1, 0.15) is 18.2 Å². The lowest BCUT2D eigenvalue weighted by Gasteiger charge is -2.32. The molecule has 214 valence electrons. The molecule has 15 heteroatoms. The zero-order valence-corrected chi connectivity index (χ0v) is 21.1. The van der Waals surface area contributed by atoms with Crippen LogP contribution >= 0.6 is 0 Å². The highest BCUT2D eigenvalue weighted by molar-refractivity contribution is 7.92. The van der Waals surface area contributed by atoms with E-state index < -0.39 is 44.9 Å². The number of sulfonamides is 1. The molecule has 7 nitrogen and oxygen atoms in total. The Labute approximate surface area is 222 Å². The number of amides is 1. The molecule has 4 rings (SSSR count). The van der Waals surface area contributed by atoms with Crippen molar-refractivity contribution in [2.24, 2.45) is 0 Å². The minimum absolute atomic E-state index is 0.00157. The molecule has 0 radical (unpaired) electrons. The summed E-state index contributed by atoms with van der Waals surface area (Å²) in [6, 6.07) is 9.58. The summed E-state index contributed by atoms with van der Waals surface area (Å²) >= 11 is 0. The van der Waals surface area contributed by atoms with Crippen molar-refractivity contribution in [1.29, 1.82) is 0 Å². The SMILES string of the molecule is CC(=O)N1CCOc2ccc(S(=O)(=O)Nc3ccc(-c4ccc(C(O)(C(F)(F)F)C(F)(F)F)cc4F)cc3)cc21. The van der Waals surface area contributed by atoms with Crippen molar-refractivity contribution in [1.82, 2.24) is 0 Å². The summed E-state index contributed by atoms with van der Waals surface area (Å²) in [6.07, 6.45) is -12.3. The van der Waals surface area contributed by atoms with Crippen LogP contribution in [0.2, 0.25) is 0 Å². The predicted molar refractivity (Wildman–Crippen MR) is 129 cm³/mol. The first-order valence-electron chi connectivity index (χ1n) is 11.3. The fraction of sp³-hybridized carbons (Fsp3) is 0.240. The molecule has 0 aromatic heterocycles. The normalized spacial score (nSPS) is 14.4. The molecule has 2 N–H and O–H groups in total. The predicted octanol–water partition coefficient (Wildman–Crippen LogP) is 5.35. The Bertz CT molecular complexity index is 1540. The monoisotopic (exact) mass is 592 g/mol. The van der Waals surface area contributed by atoms with E-state index in [4.69, 9.17) is 4.74 Å². The highest BCUT2D eigenvalue weighted by Gasteiger charge is 2.71. The number of carbonyl (C=O) groups excluding carboxylic acids is 1. The van der Waals surface area contributed by atoms with Crippen molar-refractivity contribution in [3.05, 3.63) is 72.0 Å². The minimum atomic E-state index is -6.17. The minimum Gasteiger partial charge on any atom is -0.490 e. The highest BCUT2D eigenvalue weighted by atomic mass is 32.2. The second kappa shape index (κ2) is 9.96. The van der Waals surface area contributed by atoms with Gasteiger partial charge in [-0.05, 0) is 42.0 Å². The van der Waals surface area contributed by atoms with Gasteiger partial charge >= 0.3 is 12.4 Å². The molecule has 0 saturated carbocycles. The number of rotatable bonds is 5. The average molecular weight is 592 g/mol. The van der Waals surface area contributed by atoms with Crippen LogP contribution in [0.1, 0.15) is 12.5 Å². The van der Waals surface area contributed by atoms with Crippen molar-refractivity contribution >= 4 is 27.3 Å². The molecule has 1 heterocycles. The van der Waals surface area contributed by atoms with Gasteiger partial charge < -0.3 is 14.7 Å². The lowest BCUT2D eigenvalue weighted by atomic mass is 9.90. The topological polar surface area (TPSA) is 95.9 Å². The molecule has 3 aromatic rings. The molecule has 1 aliphatic heterocycles. The maximum atomic E-state index is 14.7. The van der Waals surface area contributed by atoms with Crippen LogP contribution in [-0.4, -0.2) is 44.9 Å². The van der Waals surface area contributed by atoms with Crippen molar-refractivity contribution in [2.45, 2.75) is 29.8 Å². The summed E-state index contributed by atoms with van der Waals surface area (Å²) in [5.74, 6) is -1.48. The number of nitrogens with zero attached hydrogens (tertiary/aromatic N) is 1. The molecular weight excluding hydrogens is 573 g/mol. The third-order valence-electron chi connectivity index (χ3n) is 6.14. The largest absolute Gasteiger partial charge is 0.490 e. The number of halogens is 7. The number of alkyl halides is 6. The molecule has 1 aliphatic rings. The van der Waals surface area contributed by atoms with E-state index in [0.29, 0.717) is 17.9 Å². The van der Waals surface area contributed by atoms with Crippen molar-refractivity contribution in [2.75, 3.05) is 22.8 Å². The Kier molecular flexibility index (Phi) is 7.26. The summed E-state index contributed by atoms with van der Waals surface area (Å²) in [5.41, 5.74) is -7.18. The van der Waals surface area contributed by atoms with Gasteiger partial charge in [0, 0.05) is 23.7 Å². The Morgan fingerprint density at radius 2 is 1.57 bits per heavy atom. The molecule has 1 amide bonds. The average Bonchev–Trinajstić information content (AvgIpc) is 2.86. The number of nitrogens with one attached hydrogen (secondary N) is 1. The molecule has 40 heavy (non-hydrogen) atoms. The van der Waals surface area contributed by atoms with Crippen molar-refractivity contribution in [3.63, 3.8) is 0 Å². The number of fused-ring (bicyclic) bond motifs is 1. The van der Waals surface area contributed by atoms with Crippen LogP contribution < -0.4 is 14.4 Å². The zero-order valence-electron chi connectivity index (χ0n) is 20.3. The van der Waals surface area contributed by atoms with Gasteiger partial charge in [0.05, 0.1) is 17.1 Å². The van der Waals surface area contributed by atoms with Gasteiger partial charge in [-0.3, -0.25) is 9.52 Å². The lowest BCUT2D eigenvalue weighted by Crippen LogP contribution is -2.53. The molecule has 0 spiro atoms. The fourth-order valence-corrected chi connectivity index (χ4v) is 5.16. The second-order valence-electron chi connectivity index (χ2n) is 8.73. The van der Waals surface area contributed by atoms with Crippen LogP contribution in [0, 0.1) is 5.82 Å². The molecule has 0 fully saturated rings. The first-order chi connectivity index (χ1) is 18.5. The smallest absolute Gasteiger partial charge is 0.430 e. The van der Waals surface area contributed by atoms with E-state index in [-0.39, 0.29) is 47.0 Å². The maximum absolute atomic E-state index is 14.7. The van der Waals surface area contributed by atoms with Crippen LogP contribution in [0.4, 0.5) is 42.1 Å². The Morgan fingerprint density at radius 1 is 0.950 bits per heavy atom. The highest BCUT2D eigenvalue weighted by Crippen LogP contribution is 2.50. The number of anilines is 2. The third kappa shape index (κ3) is 5.18. The molecule has 0 atom stereocenters. The third-order valence-corrected chi connectivity index (χ3v) is 7.52. The van der Waals surface area contributed by atoms with Crippen LogP contribution in [0.25, 0.3) is 11.1 Å². The van der Waals surface area contributed by atoms with Gasteiger partial charge in [0.25, 0.3) is 15.6 Å². The quantitative estimate of drug-likeness (QED) is 0.390. The number of hydrogen-bond donors (Lipinski definition) is 2. The van der Waals surface area contributed by atoms with E-state index in [0.717, 1.165) is 0 Å². The van der Waals surface area contributed by atoms with Crippen LogP contribution in [-0.2, 0) is 20.4 Å². The molecule has 0 saturated heterocycles. The van der Waals surface area contributed by atoms with Gasteiger partial charge in [0.15, 0.2) is 0 Å². The van der Waals surface area contributed by atoms with Gasteiger partial charge in [-0.25, -0.2) is 12.8 Å². The van der Waals surface area contributed by atoms with E-state index in [1.807, 2.05) is 0 Å². The summed E-state index contributed by atoms with van der Waals surface area (Å²) < 4.78 is 127. The summed E-state index contributed by atoms with van der Waals surface area (Å²) in [4.78, 5) is 13.1. The Morgan fingerprint density at radius 3 is 2.12 bits per heavy atom. The van der Waals surface area contributed by atoms with Crippen molar-refractivity contribution < 1.29 is 53.8 Å². The second-order valence-corrected chi connectivity index (χ2v) is 10.4. The molecule has 0 aliphatic carbocycles. The van der Waals surface area contributed by atoms with Gasteiger partial charge in [-0.1, -0.05) is 24.3 Å². The number of carbonyl (C=O) groups is 1. The van der Waals surface area contributed by atoms with Gasteiger partial charge in [-0.15, -0.1) is 0 Å². The zero-order chi connectivity index (χ0) is 29.7. The number of ether oxygens (including phenoxy) is 1. The standard InChI is InChI=1S/C25H19F7N2O5S/c1-14(35)34-10-11-39-22-9-7-18(13-21(22)34)40(37,38)33-17-5-2-15(3-6-17)19-8-4-16(12-20(19)26)23(36,24(27,28)29)25(30,31)32/h2-9,12-13,33,36H,10-11H2,1H3. The van der Waals surface area contributed by atoms with Crippen LogP contribution in [0.3, 0.4) is 0 Å². The van der Waals surface area contributed by atoms with Crippen LogP contribution in [0.5, 0.6) is 5.75 Å².